The third-order valence-electron chi connectivity index (χ3n) is 5.10. The number of amides is 1. The number of hydrogen-bond acceptors (Lipinski definition) is 3. The van der Waals surface area contributed by atoms with Gasteiger partial charge in [-0.3, -0.25) is 9.78 Å². The number of rotatable bonds is 3. The molecule has 1 aliphatic heterocycles. The van der Waals surface area contributed by atoms with Crippen LogP contribution in [0.1, 0.15) is 74.6 Å². The van der Waals surface area contributed by atoms with E-state index >= 15 is 0 Å². The average molecular weight is 315 g/mol. The van der Waals surface area contributed by atoms with Crippen molar-refractivity contribution in [1.82, 2.24) is 9.88 Å². The maximum Gasteiger partial charge on any atom is 0.255 e. The number of nitrogens with zero attached hydrogens (tertiary/aromatic N) is 2. The van der Waals surface area contributed by atoms with Crippen LogP contribution in [-0.4, -0.2) is 34.9 Å². The van der Waals surface area contributed by atoms with Crippen LogP contribution in [0.3, 0.4) is 0 Å². The Morgan fingerprint density at radius 2 is 1.61 bits per heavy atom. The summed E-state index contributed by atoms with van der Waals surface area (Å²) in [5, 5.41) is 3.60. The van der Waals surface area contributed by atoms with E-state index in [0.717, 1.165) is 37.2 Å². The molecule has 0 aromatic carbocycles. The minimum atomic E-state index is 0.143. The number of likely N-dealkylation sites (tertiary alicyclic amines) is 1. The van der Waals surface area contributed by atoms with E-state index in [9.17, 15) is 4.79 Å². The van der Waals surface area contributed by atoms with Gasteiger partial charge in [0.05, 0.1) is 11.3 Å². The van der Waals surface area contributed by atoms with Crippen LogP contribution in [0.5, 0.6) is 0 Å². The first kappa shape index (κ1) is 16.3. The molecule has 4 nitrogen and oxygen atoms in total. The molecule has 1 N–H and O–H groups in total. The standard InChI is InChI=1S/C19H29N3O/c23-19(22-11-7-3-4-8-12-22)16-13-18(15-20-14-16)21-17-9-5-1-2-6-10-17/h13-15,17,21H,1-12H2. The molecule has 1 saturated heterocycles. The molecule has 0 unspecified atom stereocenters. The van der Waals surface area contributed by atoms with Crippen molar-refractivity contribution in [2.75, 3.05) is 18.4 Å². The molecule has 1 aliphatic carbocycles. The Labute approximate surface area is 139 Å². The Balaban J connectivity index is 1.65. The first-order valence-electron chi connectivity index (χ1n) is 9.34. The highest BCUT2D eigenvalue weighted by Crippen LogP contribution is 2.22. The monoisotopic (exact) mass is 315 g/mol. The normalized spacial score (nSPS) is 20.6. The summed E-state index contributed by atoms with van der Waals surface area (Å²) in [6.07, 6.45) is 16.1. The van der Waals surface area contributed by atoms with Gasteiger partial charge in [0.2, 0.25) is 0 Å². The number of hydrogen-bond donors (Lipinski definition) is 1. The average Bonchev–Trinajstić information content (AvgIpc) is 2.99. The van der Waals surface area contributed by atoms with Crippen molar-refractivity contribution < 1.29 is 4.79 Å². The summed E-state index contributed by atoms with van der Waals surface area (Å²) >= 11 is 0. The maximum absolute atomic E-state index is 12.7. The van der Waals surface area contributed by atoms with Gasteiger partial charge in [-0.1, -0.05) is 38.5 Å². The lowest BCUT2D eigenvalue weighted by molar-refractivity contribution is 0.0761. The van der Waals surface area contributed by atoms with Crippen LogP contribution in [0.4, 0.5) is 5.69 Å². The smallest absolute Gasteiger partial charge is 0.255 e. The predicted octanol–water partition coefficient (Wildman–Crippen LogP) is 4.23. The van der Waals surface area contributed by atoms with E-state index in [1.54, 1.807) is 6.20 Å². The first-order valence-corrected chi connectivity index (χ1v) is 9.34. The number of carbonyl (C=O) groups excluding carboxylic acids is 1. The minimum absolute atomic E-state index is 0.143. The molecule has 1 amide bonds. The van der Waals surface area contributed by atoms with E-state index in [2.05, 4.69) is 10.3 Å². The Bertz CT molecular complexity index is 501. The van der Waals surface area contributed by atoms with Gasteiger partial charge in [0.1, 0.15) is 0 Å². The summed E-state index contributed by atoms with van der Waals surface area (Å²) in [6, 6.07) is 2.52. The molecule has 2 heterocycles. The second kappa shape index (κ2) is 8.32. The van der Waals surface area contributed by atoms with Crippen molar-refractivity contribution in [2.24, 2.45) is 0 Å². The van der Waals surface area contributed by atoms with Gasteiger partial charge in [0.25, 0.3) is 5.91 Å². The van der Waals surface area contributed by atoms with E-state index < -0.39 is 0 Å². The Hall–Kier alpha value is -1.58. The van der Waals surface area contributed by atoms with Crippen molar-refractivity contribution in [3.63, 3.8) is 0 Å². The molecule has 4 heteroatoms. The lowest BCUT2D eigenvalue weighted by Crippen LogP contribution is -2.32. The summed E-state index contributed by atoms with van der Waals surface area (Å²) < 4.78 is 0. The number of pyridine rings is 1. The van der Waals surface area contributed by atoms with E-state index in [1.165, 1.54) is 51.4 Å². The van der Waals surface area contributed by atoms with Gasteiger partial charge >= 0.3 is 0 Å². The minimum Gasteiger partial charge on any atom is -0.381 e. The van der Waals surface area contributed by atoms with Gasteiger partial charge in [-0.15, -0.1) is 0 Å². The van der Waals surface area contributed by atoms with E-state index in [-0.39, 0.29) is 5.91 Å². The van der Waals surface area contributed by atoms with E-state index in [1.807, 2.05) is 17.2 Å². The summed E-state index contributed by atoms with van der Waals surface area (Å²) in [5.41, 5.74) is 1.73. The summed E-state index contributed by atoms with van der Waals surface area (Å²) in [7, 11) is 0. The van der Waals surface area contributed by atoms with Crippen LogP contribution in [0.25, 0.3) is 0 Å². The molecule has 1 aromatic rings. The molecular formula is C19H29N3O. The number of nitrogens with one attached hydrogen (secondary N) is 1. The van der Waals surface area contributed by atoms with E-state index in [0.29, 0.717) is 6.04 Å². The molecular weight excluding hydrogens is 286 g/mol. The highest BCUT2D eigenvalue weighted by atomic mass is 16.2. The lowest BCUT2D eigenvalue weighted by Gasteiger charge is -2.21. The van der Waals surface area contributed by atoms with Gasteiger partial charge in [-0.2, -0.15) is 0 Å². The van der Waals surface area contributed by atoms with Crippen LogP contribution in [-0.2, 0) is 0 Å². The molecule has 0 bridgehead atoms. The second-order valence-electron chi connectivity index (χ2n) is 7.00. The maximum atomic E-state index is 12.7. The fraction of sp³-hybridized carbons (Fsp3) is 0.684. The highest BCUT2D eigenvalue weighted by molar-refractivity contribution is 5.94. The zero-order chi connectivity index (χ0) is 15.9. The van der Waals surface area contributed by atoms with Gasteiger partial charge in [0, 0.05) is 31.5 Å². The molecule has 2 fully saturated rings. The van der Waals surface area contributed by atoms with Crippen LogP contribution in [0.15, 0.2) is 18.5 Å². The predicted molar refractivity (Wildman–Crippen MR) is 93.7 cm³/mol. The van der Waals surface area contributed by atoms with Crippen molar-refractivity contribution in [1.29, 1.82) is 0 Å². The quantitative estimate of drug-likeness (QED) is 0.849. The second-order valence-corrected chi connectivity index (χ2v) is 7.00. The third kappa shape index (κ3) is 4.69. The van der Waals surface area contributed by atoms with Crippen LogP contribution in [0.2, 0.25) is 0 Å². The van der Waals surface area contributed by atoms with E-state index in [4.69, 9.17) is 0 Å². The first-order chi connectivity index (χ1) is 11.3. The van der Waals surface area contributed by atoms with Crippen LogP contribution < -0.4 is 5.32 Å². The highest BCUT2D eigenvalue weighted by Gasteiger charge is 2.18. The van der Waals surface area contributed by atoms with Crippen molar-refractivity contribution in [3.05, 3.63) is 24.0 Å². The third-order valence-corrected chi connectivity index (χ3v) is 5.10. The SMILES string of the molecule is O=C(c1cncc(NC2CCCCCC2)c1)N1CCCCCC1. The van der Waals surface area contributed by atoms with Crippen molar-refractivity contribution in [2.45, 2.75) is 70.3 Å². The zero-order valence-electron chi connectivity index (χ0n) is 14.1. The van der Waals surface area contributed by atoms with Gasteiger partial charge in [-0.25, -0.2) is 0 Å². The topological polar surface area (TPSA) is 45.2 Å². The molecule has 23 heavy (non-hydrogen) atoms. The zero-order valence-corrected chi connectivity index (χ0v) is 14.1. The van der Waals surface area contributed by atoms with Crippen molar-refractivity contribution in [3.8, 4) is 0 Å². The van der Waals surface area contributed by atoms with Gasteiger partial charge < -0.3 is 10.2 Å². The number of aromatic nitrogens is 1. The molecule has 0 atom stereocenters. The number of anilines is 1. The van der Waals surface area contributed by atoms with Gasteiger partial charge in [0.15, 0.2) is 0 Å². The van der Waals surface area contributed by atoms with Gasteiger partial charge in [-0.05, 0) is 31.7 Å². The molecule has 3 rings (SSSR count). The fourth-order valence-corrected chi connectivity index (χ4v) is 3.75. The van der Waals surface area contributed by atoms with Crippen LogP contribution in [0, 0.1) is 0 Å². The Kier molecular flexibility index (Phi) is 5.89. The van der Waals surface area contributed by atoms with Crippen molar-refractivity contribution >= 4 is 11.6 Å². The molecule has 0 radical (unpaired) electrons. The molecule has 0 spiro atoms. The van der Waals surface area contributed by atoms with Crippen LogP contribution >= 0.6 is 0 Å². The Morgan fingerprint density at radius 1 is 0.957 bits per heavy atom. The molecule has 1 aromatic heterocycles. The fourth-order valence-electron chi connectivity index (χ4n) is 3.75. The lowest BCUT2D eigenvalue weighted by atomic mass is 10.1. The summed E-state index contributed by atoms with van der Waals surface area (Å²) in [4.78, 5) is 19.0. The molecule has 2 aliphatic rings. The molecule has 1 saturated carbocycles. The Morgan fingerprint density at radius 3 is 2.30 bits per heavy atom. The molecule has 126 valence electrons. The summed E-state index contributed by atoms with van der Waals surface area (Å²) in [6.45, 7) is 1.78. The summed E-state index contributed by atoms with van der Waals surface area (Å²) in [5.74, 6) is 0.143. The largest absolute Gasteiger partial charge is 0.381 e. The number of carbonyl (C=O) groups is 1.